The molecule has 3 heteroatoms. The second kappa shape index (κ2) is 3.63. The second-order valence-corrected chi connectivity index (χ2v) is 5.50. The maximum absolute atomic E-state index is 11.8. The van der Waals surface area contributed by atoms with Crippen LogP contribution in [0.25, 0.3) is 0 Å². The van der Waals surface area contributed by atoms with Crippen LogP contribution in [0.15, 0.2) is 22.7 Å². The Hall–Kier alpha value is -0.830. The van der Waals surface area contributed by atoms with E-state index in [4.69, 9.17) is 0 Å². The highest BCUT2D eigenvalue weighted by Crippen LogP contribution is 2.33. The summed E-state index contributed by atoms with van der Waals surface area (Å²) < 4.78 is 1.03. The quantitative estimate of drug-likeness (QED) is 0.770. The van der Waals surface area contributed by atoms with Crippen molar-refractivity contribution in [1.82, 2.24) is 5.32 Å². The third kappa shape index (κ3) is 1.93. The van der Waals surface area contributed by atoms with Crippen molar-refractivity contribution < 1.29 is 4.79 Å². The van der Waals surface area contributed by atoms with Gasteiger partial charge >= 0.3 is 0 Å². The van der Waals surface area contributed by atoms with E-state index in [1.54, 1.807) is 0 Å². The van der Waals surface area contributed by atoms with Crippen LogP contribution >= 0.6 is 15.9 Å². The van der Waals surface area contributed by atoms with Crippen molar-refractivity contribution in [3.05, 3.63) is 33.8 Å². The summed E-state index contributed by atoms with van der Waals surface area (Å²) in [5.41, 5.74) is 1.99. The molecule has 1 amide bonds. The normalized spacial score (nSPS) is 19.0. The molecule has 1 N–H and O–H groups in total. The molecule has 0 aliphatic carbocycles. The number of amides is 1. The molecule has 0 saturated heterocycles. The number of carbonyl (C=O) groups is 1. The fourth-order valence-electron chi connectivity index (χ4n) is 1.99. The maximum Gasteiger partial charge on any atom is 0.251 e. The van der Waals surface area contributed by atoms with Crippen LogP contribution in [0.4, 0.5) is 0 Å². The predicted molar refractivity (Wildman–Crippen MR) is 64.1 cm³/mol. The van der Waals surface area contributed by atoms with Crippen LogP contribution in [0.5, 0.6) is 0 Å². The zero-order chi connectivity index (χ0) is 11.1. The molecule has 0 saturated carbocycles. The lowest BCUT2D eigenvalue weighted by molar-refractivity contribution is 0.0956. The number of fused-ring (bicyclic) bond motifs is 1. The van der Waals surface area contributed by atoms with Crippen molar-refractivity contribution in [1.29, 1.82) is 0 Å². The topological polar surface area (TPSA) is 29.1 Å². The van der Waals surface area contributed by atoms with Crippen molar-refractivity contribution >= 4 is 21.8 Å². The monoisotopic (exact) mass is 267 g/mol. The SMILES string of the molecule is CC1(C)CCNC(=O)c2ccc(Br)cc21. The minimum absolute atomic E-state index is 0.0445. The number of hydrogen-bond donors (Lipinski definition) is 1. The lowest BCUT2D eigenvalue weighted by atomic mass is 9.80. The molecule has 0 fully saturated rings. The van der Waals surface area contributed by atoms with Gasteiger partial charge in [-0.25, -0.2) is 0 Å². The van der Waals surface area contributed by atoms with Crippen LogP contribution in [0.2, 0.25) is 0 Å². The first-order valence-corrected chi connectivity index (χ1v) is 5.88. The van der Waals surface area contributed by atoms with Crippen LogP contribution in [0.3, 0.4) is 0 Å². The Bertz CT molecular complexity index is 412. The highest BCUT2D eigenvalue weighted by Gasteiger charge is 2.28. The van der Waals surface area contributed by atoms with Crippen molar-refractivity contribution in [2.24, 2.45) is 0 Å². The summed E-state index contributed by atoms with van der Waals surface area (Å²) in [5.74, 6) is 0.0445. The van der Waals surface area contributed by atoms with E-state index < -0.39 is 0 Å². The molecule has 0 atom stereocenters. The Morgan fingerprint density at radius 3 is 2.87 bits per heavy atom. The number of halogens is 1. The third-order valence-electron chi connectivity index (χ3n) is 2.99. The Morgan fingerprint density at radius 1 is 1.40 bits per heavy atom. The molecular weight excluding hydrogens is 254 g/mol. The minimum Gasteiger partial charge on any atom is -0.352 e. The van der Waals surface area contributed by atoms with E-state index >= 15 is 0 Å². The molecule has 0 spiro atoms. The highest BCUT2D eigenvalue weighted by atomic mass is 79.9. The molecule has 2 nitrogen and oxygen atoms in total. The van der Waals surface area contributed by atoms with Crippen molar-refractivity contribution in [2.75, 3.05) is 6.54 Å². The van der Waals surface area contributed by atoms with Gasteiger partial charge in [-0.2, -0.15) is 0 Å². The van der Waals surface area contributed by atoms with Gasteiger partial charge in [0.2, 0.25) is 0 Å². The van der Waals surface area contributed by atoms with Gasteiger partial charge in [0.25, 0.3) is 5.91 Å². The molecule has 1 heterocycles. The first-order chi connectivity index (χ1) is 7.00. The van der Waals surface area contributed by atoms with Gasteiger partial charge in [-0.15, -0.1) is 0 Å². The van der Waals surface area contributed by atoms with Crippen molar-refractivity contribution in [3.8, 4) is 0 Å². The molecule has 1 aromatic carbocycles. The van der Waals surface area contributed by atoms with E-state index in [9.17, 15) is 4.79 Å². The van der Waals surface area contributed by atoms with Gasteiger partial charge in [0.1, 0.15) is 0 Å². The predicted octanol–water partition coefficient (Wildman–Crippen LogP) is 2.86. The Kier molecular flexibility index (Phi) is 2.59. The standard InChI is InChI=1S/C12H14BrNO/c1-12(2)5-6-14-11(15)9-4-3-8(13)7-10(9)12/h3-4,7H,5-6H2,1-2H3,(H,14,15). The van der Waals surface area contributed by atoms with Crippen LogP contribution in [0, 0.1) is 0 Å². The fraction of sp³-hybridized carbons (Fsp3) is 0.417. The number of rotatable bonds is 0. The molecule has 15 heavy (non-hydrogen) atoms. The van der Waals surface area contributed by atoms with Crippen LogP contribution in [-0.2, 0) is 5.41 Å². The zero-order valence-electron chi connectivity index (χ0n) is 8.93. The largest absolute Gasteiger partial charge is 0.352 e. The molecular formula is C12H14BrNO. The lowest BCUT2D eigenvalue weighted by Crippen LogP contribution is -2.23. The van der Waals surface area contributed by atoms with Gasteiger partial charge in [-0.1, -0.05) is 29.8 Å². The molecule has 0 bridgehead atoms. The van der Waals surface area contributed by atoms with Gasteiger partial charge in [0.15, 0.2) is 0 Å². The Balaban J connectivity index is 2.62. The summed E-state index contributed by atoms with van der Waals surface area (Å²) in [6.07, 6.45) is 0.974. The van der Waals surface area contributed by atoms with Gasteiger partial charge in [0.05, 0.1) is 0 Å². The lowest BCUT2D eigenvalue weighted by Gasteiger charge is -2.24. The smallest absolute Gasteiger partial charge is 0.251 e. The molecule has 0 radical (unpaired) electrons. The first-order valence-electron chi connectivity index (χ1n) is 5.09. The highest BCUT2D eigenvalue weighted by molar-refractivity contribution is 9.10. The van der Waals surface area contributed by atoms with E-state index in [2.05, 4.69) is 41.2 Å². The summed E-state index contributed by atoms with van der Waals surface area (Å²) in [5, 5.41) is 2.92. The van der Waals surface area contributed by atoms with Gasteiger partial charge < -0.3 is 5.32 Å². The van der Waals surface area contributed by atoms with Crippen LogP contribution < -0.4 is 5.32 Å². The molecule has 0 aromatic heterocycles. The summed E-state index contributed by atoms with van der Waals surface area (Å²) in [4.78, 5) is 11.8. The van der Waals surface area contributed by atoms with Gasteiger partial charge in [-0.3, -0.25) is 4.79 Å². The summed E-state index contributed by atoms with van der Waals surface area (Å²) in [7, 11) is 0. The van der Waals surface area contributed by atoms with E-state index in [1.807, 2.05) is 12.1 Å². The molecule has 0 unspecified atom stereocenters. The first kappa shape index (κ1) is 10.7. The average molecular weight is 268 g/mol. The fourth-order valence-corrected chi connectivity index (χ4v) is 2.35. The molecule has 80 valence electrons. The second-order valence-electron chi connectivity index (χ2n) is 4.58. The van der Waals surface area contributed by atoms with Gasteiger partial charge in [-0.05, 0) is 35.6 Å². The number of carbonyl (C=O) groups excluding carboxylic acids is 1. The number of benzene rings is 1. The summed E-state index contributed by atoms with van der Waals surface area (Å²) >= 11 is 3.46. The molecule has 1 aliphatic heterocycles. The summed E-state index contributed by atoms with van der Waals surface area (Å²) in [6.45, 7) is 5.11. The molecule has 1 aromatic rings. The van der Waals surface area contributed by atoms with Crippen LogP contribution in [0.1, 0.15) is 36.2 Å². The van der Waals surface area contributed by atoms with E-state index in [1.165, 1.54) is 0 Å². The number of nitrogens with one attached hydrogen (secondary N) is 1. The van der Waals surface area contributed by atoms with E-state index in [0.717, 1.165) is 28.6 Å². The van der Waals surface area contributed by atoms with Gasteiger partial charge in [0, 0.05) is 16.6 Å². The minimum atomic E-state index is 0.0445. The Labute approximate surface area is 98.2 Å². The van der Waals surface area contributed by atoms with Crippen molar-refractivity contribution in [3.63, 3.8) is 0 Å². The Morgan fingerprint density at radius 2 is 2.13 bits per heavy atom. The molecule has 2 rings (SSSR count). The summed E-state index contributed by atoms with van der Waals surface area (Å²) in [6, 6.07) is 5.86. The van der Waals surface area contributed by atoms with E-state index in [0.29, 0.717) is 0 Å². The van der Waals surface area contributed by atoms with E-state index in [-0.39, 0.29) is 11.3 Å². The third-order valence-corrected chi connectivity index (χ3v) is 3.48. The van der Waals surface area contributed by atoms with Crippen molar-refractivity contribution in [2.45, 2.75) is 25.7 Å². The molecule has 1 aliphatic rings. The zero-order valence-corrected chi connectivity index (χ0v) is 10.5. The maximum atomic E-state index is 11.8. The number of hydrogen-bond acceptors (Lipinski definition) is 1. The van der Waals surface area contributed by atoms with Crippen LogP contribution in [-0.4, -0.2) is 12.5 Å². The average Bonchev–Trinajstić information content (AvgIpc) is 2.26.